The van der Waals surface area contributed by atoms with Gasteiger partial charge in [0, 0.05) is 6.20 Å². The first-order valence-corrected chi connectivity index (χ1v) is 2.30. The van der Waals surface area contributed by atoms with Crippen molar-refractivity contribution in [1.82, 2.24) is 0 Å². The van der Waals surface area contributed by atoms with Gasteiger partial charge in [-0.15, -0.1) is 24.8 Å². The minimum Gasteiger partial charge on any atom is -0.179 e. The van der Waals surface area contributed by atoms with Gasteiger partial charge in [-0.25, -0.2) is 0 Å². The summed E-state index contributed by atoms with van der Waals surface area (Å²) >= 11 is 0. The van der Waals surface area contributed by atoms with Gasteiger partial charge >= 0.3 is 0 Å². The van der Waals surface area contributed by atoms with Crippen molar-refractivity contribution in [3.63, 3.8) is 0 Å². The fourth-order valence-electron chi connectivity index (χ4n) is 0.431. The van der Waals surface area contributed by atoms with Crippen LogP contribution in [0, 0.1) is 0 Å². The maximum Gasteiger partial charge on any atom is 0.0962 e. The Bertz CT molecular complexity index is 115. The van der Waals surface area contributed by atoms with E-state index in [1.807, 2.05) is 19.9 Å². The molecule has 54 valence electrons. The van der Waals surface area contributed by atoms with Crippen LogP contribution in [-0.4, -0.2) is 5.54 Å². The summed E-state index contributed by atoms with van der Waals surface area (Å²) in [5.41, 5.74) is -0.0278. The molecule has 4 heteroatoms. The summed E-state index contributed by atoms with van der Waals surface area (Å²) in [6.07, 6.45) is 3.69. The van der Waals surface area contributed by atoms with Gasteiger partial charge in [-0.1, -0.05) is 0 Å². The minimum absolute atomic E-state index is 0. The van der Waals surface area contributed by atoms with Crippen molar-refractivity contribution in [1.29, 1.82) is 0 Å². The molecule has 9 heavy (non-hydrogen) atoms. The van der Waals surface area contributed by atoms with Gasteiger partial charge in [-0.2, -0.15) is 10.2 Å². The molecular weight excluding hydrogens is 159 g/mol. The summed E-state index contributed by atoms with van der Waals surface area (Å²) in [6, 6.07) is 0. The van der Waals surface area contributed by atoms with Crippen molar-refractivity contribution in [3.05, 3.63) is 12.3 Å². The first-order valence-electron chi connectivity index (χ1n) is 2.30. The van der Waals surface area contributed by atoms with Crippen molar-refractivity contribution in [2.45, 2.75) is 19.4 Å². The topological polar surface area (TPSA) is 24.7 Å². The Hall–Kier alpha value is -0.0800. The Morgan fingerprint density at radius 1 is 1.22 bits per heavy atom. The quantitative estimate of drug-likeness (QED) is 0.532. The van der Waals surface area contributed by atoms with E-state index in [9.17, 15) is 0 Å². The lowest BCUT2D eigenvalue weighted by Gasteiger charge is -2.04. The Kier molecular flexibility index (Phi) is 5.00. The van der Waals surface area contributed by atoms with Gasteiger partial charge in [0.05, 0.1) is 5.54 Å². The third kappa shape index (κ3) is 3.49. The molecule has 0 atom stereocenters. The third-order valence-corrected chi connectivity index (χ3v) is 0.865. The molecule has 0 saturated carbocycles. The van der Waals surface area contributed by atoms with Gasteiger partial charge < -0.3 is 0 Å². The average Bonchev–Trinajstić information content (AvgIpc) is 1.84. The summed E-state index contributed by atoms with van der Waals surface area (Å²) in [5.74, 6) is 0. The van der Waals surface area contributed by atoms with Crippen LogP contribution in [0.3, 0.4) is 0 Å². The van der Waals surface area contributed by atoms with Crippen molar-refractivity contribution in [2.24, 2.45) is 10.2 Å². The number of hydrogen-bond donors (Lipinski definition) is 0. The lowest BCUT2D eigenvalue weighted by atomic mass is 10.1. The summed E-state index contributed by atoms with van der Waals surface area (Å²) in [6.45, 7) is 4.03. The van der Waals surface area contributed by atoms with E-state index in [1.165, 1.54) is 0 Å². The Morgan fingerprint density at radius 3 is 1.89 bits per heavy atom. The van der Waals surface area contributed by atoms with Crippen LogP contribution in [0.5, 0.6) is 0 Å². The Morgan fingerprint density at radius 2 is 1.78 bits per heavy atom. The van der Waals surface area contributed by atoms with E-state index < -0.39 is 0 Å². The van der Waals surface area contributed by atoms with E-state index in [2.05, 4.69) is 10.2 Å². The van der Waals surface area contributed by atoms with Crippen LogP contribution in [0.4, 0.5) is 0 Å². The van der Waals surface area contributed by atoms with Crippen molar-refractivity contribution < 1.29 is 0 Å². The van der Waals surface area contributed by atoms with Crippen LogP contribution in [0.25, 0.3) is 0 Å². The second-order valence-corrected chi connectivity index (χ2v) is 2.18. The van der Waals surface area contributed by atoms with Crippen LogP contribution in [0.1, 0.15) is 13.8 Å². The van der Waals surface area contributed by atoms with Crippen molar-refractivity contribution >= 4 is 24.8 Å². The molecular formula is C5H10Cl2N2. The molecule has 2 nitrogen and oxygen atoms in total. The molecule has 0 aliphatic carbocycles. The van der Waals surface area contributed by atoms with Gasteiger partial charge in [0.15, 0.2) is 0 Å². The van der Waals surface area contributed by atoms with E-state index in [4.69, 9.17) is 0 Å². The lowest BCUT2D eigenvalue weighted by molar-refractivity contribution is 0.644. The normalized spacial score (nSPS) is 18.4. The predicted octanol–water partition coefficient (Wildman–Crippen LogP) is 2.59. The molecule has 0 amide bonds. The molecule has 0 N–H and O–H groups in total. The molecule has 0 aromatic rings. The Labute approximate surface area is 67.3 Å². The van der Waals surface area contributed by atoms with Crippen molar-refractivity contribution in [3.8, 4) is 0 Å². The lowest BCUT2D eigenvalue weighted by Crippen LogP contribution is -2.07. The van der Waals surface area contributed by atoms with Gasteiger partial charge in [-0.3, -0.25) is 0 Å². The molecule has 0 aromatic heterocycles. The number of azo groups is 1. The summed E-state index contributed by atoms with van der Waals surface area (Å²) in [4.78, 5) is 0. The van der Waals surface area contributed by atoms with Gasteiger partial charge in [0.2, 0.25) is 0 Å². The fraction of sp³-hybridized carbons (Fsp3) is 0.600. The SMILES string of the molecule is CC1(C)C=CN=N1.Cl.Cl. The highest BCUT2D eigenvalue weighted by Crippen LogP contribution is 2.15. The summed E-state index contributed by atoms with van der Waals surface area (Å²) in [7, 11) is 0. The zero-order valence-electron chi connectivity index (χ0n) is 5.37. The van der Waals surface area contributed by atoms with Gasteiger partial charge in [0.25, 0.3) is 0 Å². The molecule has 1 aliphatic heterocycles. The maximum atomic E-state index is 3.88. The molecule has 0 radical (unpaired) electrons. The predicted molar refractivity (Wildman–Crippen MR) is 42.6 cm³/mol. The van der Waals surface area contributed by atoms with E-state index in [0.29, 0.717) is 0 Å². The number of hydrogen-bond acceptors (Lipinski definition) is 2. The van der Waals surface area contributed by atoms with Crippen LogP contribution < -0.4 is 0 Å². The van der Waals surface area contributed by atoms with Crippen molar-refractivity contribution in [2.75, 3.05) is 0 Å². The molecule has 0 saturated heterocycles. The first-order chi connectivity index (χ1) is 3.21. The second-order valence-electron chi connectivity index (χ2n) is 2.18. The van der Waals surface area contributed by atoms with E-state index in [1.54, 1.807) is 6.20 Å². The fourth-order valence-corrected chi connectivity index (χ4v) is 0.431. The zero-order chi connectivity index (χ0) is 5.33. The smallest absolute Gasteiger partial charge is 0.0962 e. The monoisotopic (exact) mass is 168 g/mol. The molecule has 0 fully saturated rings. The van der Waals surface area contributed by atoms with Gasteiger partial charge in [0.1, 0.15) is 0 Å². The van der Waals surface area contributed by atoms with Crippen LogP contribution in [0.2, 0.25) is 0 Å². The number of halogens is 2. The summed E-state index contributed by atoms with van der Waals surface area (Å²) in [5, 5.41) is 7.56. The Balaban J connectivity index is 0. The van der Waals surface area contributed by atoms with Crippen LogP contribution in [-0.2, 0) is 0 Å². The molecule has 0 spiro atoms. The van der Waals surface area contributed by atoms with Crippen LogP contribution >= 0.6 is 24.8 Å². The first kappa shape index (κ1) is 11.7. The van der Waals surface area contributed by atoms with E-state index >= 15 is 0 Å². The highest BCUT2D eigenvalue weighted by molar-refractivity contribution is 5.85. The number of nitrogens with zero attached hydrogens (tertiary/aromatic N) is 2. The maximum absolute atomic E-state index is 3.88. The highest BCUT2D eigenvalue weighted by atomic mass is 35.5. The standard InChI is InChI=1S/C5H8N2.2ClH/c1-5(2)3-4-6-7-5;;/h3-4H,1-2H3;2*1H. The van der Waals surface area contributed by atoms with E-state index in [0.717, 1.165) is 0 Å². The molecule has 1 aliphatic rings. The molecule has 0 bridgehead atoms. The highest BCUT2D eigenvalue weighted by Gasteiger charge is 2.13. The molecule has 0 aromatic carbocycles. The minimum atomic E-state index is -0.0278. The second kappa shape index (κ2) is 3.85. The molecule has 1 rings (SSSR count). The average molecular weight is 169 g/mol. The molecule has 0 unspecified atom stereocenters. The third-order valence-electron chi connectivity index (χ3n) is 0.865. The van der Waals surface area contributed by atoms with Crippen LogP contribution in [0.15, 0.2) is 22.5 Å². The number of rotatable bonds is 0. The van der Waals surface area contributed by atoms with Gasteiger partial charge in [-0.05, 0) is 19.9 Å². The zero-order valence-corrected chi connectivity index (χ0v) is 7.00. The summed E-state index contributed by atoms with van der Waals surface area (Å²) < 4.78 is 0. The largest absolute Gasteiger partial charge is 0.179 e. The molecule has 1 heterocycles. The van der Waals surface area contributed by atoms with E-state index in [-0.39, 0.29) is 30.4 Å².